The molecule has 0 radical (unpaired) electrons. The predicted octanol–water partition coefficient (Wildman–Crippen LogP) is 1.77. The summed E-state index contributed by atoms with van der Waals surface area (Å²) in [6.45, 7) is 3.65. The number of furan rings is 1. The minimum atomic E-state index is -0.516. The lowest BCUT2D eigenvalue weighted by atomic mass is 10.3. The van der Waals surface area contributed by atoms with E-state index in [1.54, 1.807) is 11.8 Å². The number of nitrogens with zero attached hydrogens (tertiary/aromatic N) is 2. The first-order valence-corrected chi connectivity index (χ1v) is 8.65. The molecule has 1 aromatic rings. The van der Waals surface area contributed by atoms with Crippen LogP contribution in [0.25, 0.3) is 0 Å². The van der Waals surface area contributed by atoms with Crippen LogP contribution >= 0.6 is 11.8 Å². The lowest BCUT2D eigenvalue weighted by molar-refractivity contribution is -0.404. The summed E-state index contributed by atoms with van der Waals surface area (Å²) in [7, 11) is 4.00. The number of aryl methyl sites for hydroxylation is 1. The van der Waals surface area contributed by atoms with E-state index in [2.05, 4.69) is 27.5 Å². The molecule has 132 valence electrons. The van der Waals surface area contributed by atoms with E-state index in [4.69, 9.17) is 10.8 Å². The quantitative estimate of drug-likeness (QED) is 0.272. The Morgan fingerprint density at radius 2 is 2.29 bits per heavy atom. The van der Waals surface area contributed by atoms with Gasteiger partial charge >= 0.3 is 0 Å². The third-order valence-corrected chi connectivity index (χ3v) is 3.91. The lowest BCUT2D eigenvalue weighted by Gasteiger charge is -2.09. The average molecular weight is 352 g/mol. The standard InChI is InChI=1S/C16H24N4O3S/c1-5-6-17-16(11-20(21)22)18-7-8-24-12-15-13(2)9-14(23-15)10-19(3)4/h1,9,11,17-18H,6-8,10,12H2,2-4H3/b16-11-. The van der Waals surface area contributed by atoms with Crippen LogP contribution < -0.4 is 10.6 Å². The largest absolute Gasteiger partial charge is 0.464 e. The summed E-state index contributed by atoms with van der Waals surface area (Å²) >= 11 is 1.70. The molecule has 0 unspecified atom stereocenters. The van der Waals surface area contributed by atoms with Gasteiger partial charge in [-0.3, -0.25) is 10.1 Å². The Morgan fingerprint density at radius 1 is 1.54 bits per heavy atom. The summed E-state index contributed by atoms with van der Waals surface area (Å²) in [6.07, 6.45) is 6.02. The van der Waals surface area contributed by atoms with Crippen LogP contribution in [0.2, 0.25) is 0 Å². The second kappa shape index (κ2) is 10.6. The number of rotatable bonds is 11. The monoisotopic (exact) mass is 352 g/mol. The van der Waals surface area contributed by atoms with Crippen LogP contribution in [0.4, 0.5) is 0 Å². The highest BCUT2D eigenvalue weighted by Gasteiger charge is 2.08. The van der Waals surface area contributed by atoms with Crippen molar-refractivity contribution < 1.29 is 9.34 Å². The van der Waals surface area contributed by atoms with Crippen molar-refractivity contribution in [2.75, 3.05) is 32.9 Å². The van der Waals surface area contributed by atoms with Crippen LogP contribution in [0.15, 0.2) is 22.5 Å². The zero-order valence-corrected chi connectivity index (χ0v) is 15.1. The Balaban J connectivity index is 2.36. The van der Waals surface area contributed by atoms with Gasteiger partial charge in [0.05, 0.1) is 23.8 Å². The fourth-order valence-electron chi connectivity index (χ4n) is 1.95. The lowest BCUT2D eigenvalue weighted by Crippen LogP contribution is -2.29. The molecule has 0 bridgehead atoms. The van der Waals surface area contributed by atoms with E-state index in [0.717, 1.165) is 41.3 Å². The van der Waals surface area contributed by atoms with E-state index in [-0.39, 0.29) is 6.54 Å². The average Bonchev–Trinajstić information content (AvgIpc) is 2.82. The topological polar surface area (TPSA) is 83.6 Å². The van der Waals surface area contributed by atoms with Crippen LogP contribution in [-0.4, -0.2) is 42.8 Å². The van der Waals surface area contributed by atoms with E-state index in [1.807, 2.05) is 21.0 Å². The number of nitrogens with one attached hydrogen (secondary N) is 2. The van der Waals surface area contributed by atoms with Crippen molar-refractivity contribution in [1.82, 2.24) is 15.5 Å². The van der Waals surface area contributed by atoms with E-state index in [0.29, 0.717) is 12.4 Å². The SMILES string of the molecule is C#CCN/C(=C/[N+](=O)[O-])NCCSCc1oc(CN(C)C)cc1C. The van der Waals surface area contributed by atoms with E-state index < -0.39 is 4.92 Å². The van der Waals surface area contributed by atoms with Crippen molar-refractivity contribution in [3.63, 3.8) is 0 Å². The Hall–Kier alpha value is -2.11. The normalized spacial score (nSPS) is 11.4. The van der Waals surface area contributed by atoms with Crippen LogP contribution in [0.5, 0.6) is 0 Å². The molecular formula is C16H24N4O3S. The third-order valence-electron chi connectivity index (χ3n) is 2.95. The maximum absolute atomic E-state index is 10.5. The van der Waals surface area contributed by atoms with Crippen LogP contribution in [0, 0.1) is 29.4 Å². The maximum atomic E-state index is 10.5. The highest BCUT2D eigenvalue weighted by Crippen LogP contribution is 2.20. The number of hydrogen-bond acceptors (Lipinski definition) is 7. The minimum absolute atomic E-state index is 0.236. The van der Waals surface area contributed by atoms with E-state index >= 15 is 0 Å². The molecule has 0 aromatic carbocycles. The van der Waals surface area contributed by atoms with E-state index in [1.165, 1.54) is 0 Å². The summed E-state index contributed by atoms with van der Waals surface area (Å²) < 4.78 is 5.84. The summed E-state index contributed by atoms with van der Waals surface area (Å²) in [5, 5.41) is 16.3. The molecule has 0 atom stereocenters. The second-order valence-corrected chi connectivity index (χ2v) is 6.53. The molecule has 24 heavy (non-hydrogen) atoms. The Labute approximate surface area is 147 Å². The number of nitro groups is 1. The fourth-order valence-corrected chi connectivity index (χ4v) is 2.81. The molecule has 0 aliphatic heterocycles. The molecule has 1 aromatic heterocycles. The van der Waals surface area contributed by atoms with Gasteiger partial charge in [-0.15, -0.1) is 6.42 Å². The molecule has 0 saturated heterocycles. The van der Waals surface area contributed by atoms with Crippen molar-refractivity contribution in [3.8, 4) is 12.3 Å². The van der Waals surface area contributed by atoms with E-state index in [9.17, 15) is 10.1 Å². The van der Waals surface area contributed by atoms with Gasteiger partial charge in [-0.05, 0) is 32.6 Å². The first-order chi connectivity index (χ1) is 11.4. The summed E-state index contributed by atoms with van der Waals surface area (Å²) in [6, 6.07) is 2.07. The molecule has 0 spiro atoms. The van der Waals surface area contributed by atoms with Gasteiger partial charge in [0.1, 0.15) is 11.5 Å². The highest BCUT2D eigenvalue weighted by atomic mass is 32.2. The predicted molar refractivity (Wildman–Crippen MR) is 96.9 cm³/mol. The molecule has 1 rings (SSSR count). The first kappa shape index (κ1) is 19.9. The Bertz CT molecular complexity index is 605. The minimum Gasteiger partial charge on any atom is -0.464 e. The molecule has 2 N–H and O–H groups in total. The summed E-state index contributed by atoms with van der Waals surface area (Å²) in [4.78, 5) is 12.1. The van der Waals surface area contributed by atoms with Crippen LogP contribution in [0.3, 0.4) is 0 Å². The van der Waals surface area contributed by atoms with Gasteiger partial charge in [-0.2, -0.15) is 11.8 Å². The highest BCUT2D eigenvalue weighted by molar-refractivity contribution is 7.98. The Kier molecular flexibility index (Phi) is 8.83. The number of hydrogen-bond donors (Lipinski definition) is 2. The molecule has 0 fully saturated rings. The first-order valence-electron chi connectivity index (χ1n) is 7.49. The molecule has 0 aliphatic rings. The fraction of sp³-hybridized carbons (Fsp3) is 0.500. The summed E-state index contributed by atoms with van der Waals surface area (Å²) in [5.74, 6) is 6.19. The summed E-state index contributed by atoms with van der Waals surface area (Å²) in [5.41, 5.74) is 1.15. The van der Waals surface area contributed by atoms with Gasteiger partial charge in [-0.25, -0.2) is 0 Å². The molecule has 8 heteroatoms. The van der Waals surface area contributed by atoms with Crippen LogP contribution in [-0.2, 0) is 12.3 Å². The van der Waals surface area contributed by atoms with Crippen LogP contribution in [0.1, 0.15) is 17.1 Å². The van der Waals surface area contributed by atoms with Gasteiger partial charge < -0.3 is 20.0 Å². The third kappa shape index (κ3) is 7.94. The smallest absolute Gasteiger partial charge is 0.274 e. The van der Waals surface area contributed by atoms with Crippen molar-refractivity contribution in [2.24, 2.45) is 0 Å². The van der Waals surface area contributed by atoms with Gasteiger partial charge in [-0.1, -0.05) is 5.92 Å². The maximum Gasteiger partial charge on any atom is 0.274 e. The van der Waals surface area contributed by atoms with Gasteiger partial charge in [0.15, 0.2) is 5.82 Å². The van der Waals surface area contributed by atoms with Gasteiger partial charge in [0, 0.05) is 12.3 Å². The molecule has 0 aliphatic carbocycles. The molecule has 0 saturated carbocycles. The molecule has 1 heterocycles. The van der Waals surface area contributed by atoms with Crippen molar-refractivity contribution >= 4 is 11.8 Å². The van der Waals surface area contributed by atoms with Crippen molar-refractivity contribution in [2.45, 2.75) is 19.2 Å². The molecule has 0 amide bonds. The zero-order chi connectivity index (χ0) is 17.9. The number of terminal acetylenes is 1. The van der Waals surface area contributed by atoms with Crippen molar-refractivity contribution in [3.05, 3.63) is 45.3 Å². The zero-order valence-electron chi connectivity index (χ0n) is 14.3. The number of thioether (sulfide) groups is 1. The molecular weight excluding hydrogens is 328 g/mol. The second-order valence-electron chi connectivity index (χ2n) is 5.42. The molecule has 7 nitrogen and oxygen atoms in total. The van der Waals surface area contributed by atoms with Crippen molar-refractivity contribution in [1.29, 1.82) is 0 Å². The van der Waals surface area contributed by atoms with Gasteiger partial charge in [0.2, 0.25) is 0 Å². The Morgan fingerprint density at radius 3 is 2.92 bits per heavy atom. The van der Waals surface area contributed by atoms with Gasteiger partial charge in [0.25, 0.3) is 6.20 Å².